The fraction of sp³-hybridized carbons (Fsp3) is 0.444. The number of fused-ring (bicyclic) bond motifs is 1. The van der Waals surface area contributed by atoms with E-state index >= 15 is 0 Å². The Kier molecular flexibility index (Phi) is 1.14. The highest BCUT2D eigenvalue weighted by Crippen LogP contribution is 2.39. The third-order valence-corrected chi connectivity index (χ3v) is 2.42. The number of nitriles is 1. The largest absolute Gasteiger partial charge is 0.193 e. The molecule has 0 aromatic heterocycles. The minimum absolute atomic E-state index is 0.477. The molecule has 2 aliphatic rings. The topological polar surface area (TPSA) is 23.8 Å². The molecular weight excluding hydrogens is 122 g/mol. The van der Waals surface area contributed by atoms with Crippen LogP contribution in [0.25, 0.3) is 0 Å². The second kappa shape index (κ2) is 1.98. The summed E-state index contributed by atoms with van der Waals surface area (Å²) in [5.41, 5.74) is 0.985. The van der Waals surface area contributed by atoms with E-state index in [1.165, 1.54) is 6.42 Å². The van der Waals surface area contributed by atoms with E-state index in [0.29, 0.717) is 5.92 Å². The Morgan fingerprint density at radius 3 is 3.20 bits per heavy atom. The van der Waals surface area contributed by atoms with Crippen molar-refractivity contribution in [2.45, 2.75) is 12.8 Å². The van der Waals surface area contributed by atoms with Crippen molar-refractivity contribution in [2.75, 3.05) is 0 Å². The first kappa shape index (κ1) is 5.73. The van der Waals surface area contributed by atoms with Gasteiger partial charge in [0.15, 0.2) is 0 Å². The lowest BCUT2D eigenvalue weighted by Crippen LogP contribution is -2.01. The van der Waals surface area contributed by atoms with Crippen LogP contribution < -0.4 is 0 Å². The van der Waals surface area contributed by atoms with Crippen molar-refractivity contribution >= 4 is 0 Å². The summed E-state index contributed by atoms with van der Waals surface area (Å²) in [6.07, 6.45) is 8.73. The van der Waals surface area contributed by atoms with E-state index in [0.717, 1.165) is 17.9 Å². The third-order valence-electron chi connectivity index (χ3n) is 2.42. The van der Waals surface area contributed by atoms with Crippen molar-refractivity contribution in [3.8, 4) is 6.07 Å². The Balaban J connectivity index is 2.27. The number of hydrogen-bond acceptors (Lipinski definition) is 1. The molecule has 0 saturated carbocycles. The number of allylic oxidation sites excluding steroid dienone is 4. The van der Waals surface area contributed by atoms with Crippen LogP contribution in [-0.2, 0) is 0 Å². The van der Waals surface area contributed by atoms with Crippen LogP contribution in [0.2, 0.25) is 0 Å². The first-order chi connectivity index (χ1) is 4.92. The van der Waals surface area contributed by atoms with Gasteiger partial charge in [0.1, 0.15) is 0 Å². The van der Waals surface area contributed by atoms with Crippen molar-refractivity contribution in [3.63, 3.8) is 0 Å². The number of hydrogen-bond donors (Lipinski definition) is 0. The average Bonchev–Trinajstić information content (AvgIpc) is 2.44. The van der Waals surface area contributed by atoms with Crippen LogP contribution in [0.4, 0.5) is 0 Å². The van der Waals surface area contributed by atoms with E-state index in [1.54, 1.807) is 0 Å². The molecule has 0 unspecified atom stereocenters. The van der Waals surface area contributed by atoms with Crippen molar-refractivity contribution < 1.29 is 0 Å². The van der Waals surface area contributed by atoms with Gasteiger partial charge in [-0.3, -0.25) is 0 Å². The predicted octanol–water partition coefficient (Wildman–Crippen LogP) is 2.03. The Morgan fingerprint density at radius 2 is 2.40 bits per heavy atom. The van der Waals surface area contributed by atoms with E-state index in [2.05, 4.69) is 24.3 Å². The molecule has 0 N–H and O–H groups in total. The molecular formula is C9H9N. The molecule has 0 spiro atoms. The minimum Gasteiger partial charge on any atom is -0.193 e. The van der Waals surface area contributed by atoms with E-state index in [1.807, 2.05) is 0 Å². The van der Waals surface area contributed by atoms with Crippen LogP contribution in [0.15, 0.2) is 23.8 Å². The van der Waals surface area contributed by atoms with Crippen LogP contribution in [0.5, 0.6) is 0 Å². The van der Waals surface area contributed by atoms with E-state index in [9.17, 15) is 0 Å². The summed E-state index contributed by atoms with van der Waals surface area (Å²) in [4.78, 5) is 0. The maximum absolute atomic E-state index is 8.66. The Hall–Kier alpha value is -1.03. The normalized spacial score (nSPS) is 35.3. The molecule has 2 rings (SSSR count). The summed E-state index contributed by atoms with van der Waals surface area (Å²) in [6.45, 7) is 0. The summed E-state index contributed by atoms with van der Waals surface area (Å²) >= 11 is 0. The molecule has 2 atom stereocenters. The van der Waals surface area contributed by atoms with E-state index < -0.39 is 0 Å². The van der Waals surface area contributed by atoms with Crippen LogP contribution in [0.3, 0.4) is 0 Å². The molecule has 0 bridgehead atoms. The van der Waals surface area contributed by atoms with E-state index in [4.69, 9.17) is 5.26 Å². The Bertz CT molecular complexity index is 242. The smallest absolute Gasteiger partial charge is 0.0950 e. The molecule has 0 heterocycles. The zero-order valence-electron chi connectivity index (χ0n) is 5.75. The highest BCUT2D eigenvalue weighted by atomic mass is 14.4. The lowest BCUT2D eigenvalue weighted by Gasteiger charge is -2.07. The summed E-state index contributed by atoms with van der Waals surface area (Å²) in [6, 6.07) is 2.25. The highest BCUT2D eigenvalue weighted by molar-refractivity contribution is 5.34. The lowest BCUT2D eigenvalue weighted by molar-refractivity contribution is 0.519. The predicted molar refractivity (Wildman–Crippen MR) is 39.1 cm³/mol. The second-order valence-corrected chi connectivity index (χ2v) is 2.96. The fourth-order valence-electron chi connectivity index (χ4n) is 1.84. The Labute approximate surface area is 60.7 Å². The maximum Gasteiger partial charge on any atom is 0.0950 e. The molecule has 0 fully saturated rings. The molecule has 0 aromatic rings. The SMILES string of the molecule is N#CC1=CC[C@@H]2CC=C[C@H]12. The van der Waals surface area contributed by atoms with Crippen LogP contribution in [0.1, 0.15) is 12.8 Å². The summed E-state index contributed by atoms with van der Waals surface area (Å²) < 4.78 is 0. The van der Waals surface area contributed by atoms with Gasteiger partial charge < -0.3 is 0 Å². The second-order valence-electron chi connectivity index (χ2n) is 2.96. The average molecular weight is 131 g/mol. The van der Waals surface area contributed by atoms with Gasteiger partial charge in [-0.05, 0) is 18.8 Å². The van der Waals surface area contributed by atoms with Gasteiger partial charge in [0.2, 0.25) is 0 Å². The monoisotopic (exact) mass is 131 g/mol. The van der Waals surface area contributed by atoms with E-state index in [-0.39, 0.29) is 0 Å². The zero-order valence-corrected chi connectivity index (χ0v) is 5.75. The zero-order chi connectivity index (χ0) is 6.97. The molecule has 10 heavy (non-hydrogen) atoms. The summed E-state index contributed by atoms with van der Waals surface area (Å²) in [5.74, 6) is 1.21. The van der Waals surface area contributed by atoms with Crippen molar-refractivity contribution in [1.82, 2.24) is 0 Å². The molecule has 0 amide bonds. The molecule has 0 saturated heterocycles. The van der Waals surface area contributed by atoms with Gasteiger partial charge >= 0.3 is 0 Å². The molecule has 1 nitrogen and oxygen atoms in total. The molecule has 0 aromatic carbocycles. The minimum atomic E-state index is 0.477. The molecule has 2 aliphatic carbocycles. The Morgan fingerprint density at radius 1 is 1.50 bits per heavy atom. The highest BCUT2D eigenvalue weighted by Gasteiger charge is 2.29. The summed E-state index contributed by atoms with van der Waals surface area (Å²) in [5, 5.41) is 8.66. The van der Waals surface area contributed by atoms with Gasteiger partial charge in [-0.15, -0.1) is 0 Å². The van der Waals surface area contributed by atoms with Gasteiger partial charge in [0.25, 0.3) is 0 Å². The lowest BCUT2D eigenvalue weighted by atomic mass is 9.95. The summed E-state index contributed by atoms with van der Waals surface area (Å²) in [7, 11) is 0. The number of nitrogens with zero attached hydrogens (tertiary/aromatic N) is 1. The van der Waals surface area contributed by atoms with Gasteiger partial charge in [-0.1, -0.05) is 18.2 Å². The van der Waals surface area contributed by atoms with Crippen molar-refractivity contribution in [3.05, 3.63) is 23.8 Å². The molecule has 1 heteroatoms. The van der Waals surface area contributed by atoms with Crippen molar-refractivity contribution in [2.24, 2.45) is 11.8 Å². The van der Waals surface area contributed by atoms with Gasteiger partial charge in [0.05, 0.1) is 6.07 Å². The fourth-order valence-corrected chi connectivity index (χ4v) is 1.84. The van der Waals surface area contributed by atoms with Crippen LogP contribution in [-0.4, -0.2) is 0 Å². The molecule has 0 radical (unpaired) electrons. The number of rotatable bonds is 0. The first-order valence-corrected chi connectivity index (χ1v) is 3.68. The molecule has 0 aliphatic heterocycles. The quantitative estimate of drug-likeness (QED) is 0.461. The van der Waals surface area contributed by atoms with Crippen molar-refractivity contribution in [1.29, 1.82) is 5.26 Å². The van der Waals surface area contributed by atoms with Crippen LogP contribution >= 0.6 is 0 Å². The third kappa shape index (κ3) is 0.623. The standard InChI is InChI=1S/C9H9N/c10-6-8-5-4-7-2-1-3-9(7)8/h1,3,5,7,9H,2,4H2/t7-,9-/m0/s1. The molecule has 50 valence electrons. The first-order valence-electron chi connectivity index (χ1n) is 3.68. The van der Waals surface area contributed by atoms with Gasteiger partial charge in [0, 0.05) is 11.5 Å². The van der Waals surface area contributed by atoms with Crippen LogP contribution in [0, 0.1) is 23.2 Å². The van der Waals surface area contributed by atoms with Gasteiger partial charge in [-0.25, -0.2) is 0 Å². The van der Waals surface area contributed by atoms with Gasteiger partial charge in [-0.2, -0.15) is 5.26 Å². The maximum atomic E-state index is 8.66.